The summed E-state index contributed by atoms with van der Waals surface area (Å²) in [4.78, 5) is 14.6. The summed E-state index contributed by atoms with van der Waals surface area (Å²) < 4.78 is 10.7. The quantitative estimate of drug-likeness (QED) is 0.102. The van der Waals surface area contributed by atoms with E-state index in [-0.39, 0.29) is 27.6 Å². The number of ether oxygens (including phenoxy) is 2. The predicted molar refractivity (Wildman–Crippen MR) is 145 cm³/mol. The van der Waals surface area contributed by atoms with E-state index in [9.17, 15) is 4.79 Å². The molecule has 1 amide bonds. The summed E-state index contributed by atoms with van der Waals surface area (Å²) in [6.45, 7) is 24.3. The van der Waals surface area contributed by atoms with Crippen LogP contribution in [0.25, 0.3) is 10.4 Å². The molecular weight excluding hydrogens is 448 g/mol. The Kier molecular flexibility index (Phi) is 15.5. The first kappa shape index (κ1) is 33.0. The molecule has 7 nitrogen and oxygen atoms in total. The lowest BCUT2D eigenvalue weighted by Gasteiger charge is -2.61. The van der Waals surface area contributed by atoms with Gasteiger partial charge in [-0.15, -0.1) is 0 Å². The molecule has 0 radical (unpaired) electrons. The van der Waals surface area contributed by atoms with Crippen molar-refractivity contribution < 1.29 is 14.3 Å². The van der Waals surface area contributed by atoms with Crippen molar-refractivity contribution in [3.8, 4) is 0 Å². The molecule has 200 valence electrons. The van der Waals surface area contributed by atoms with Crippen molar-refractivity contribution >= 4 is 17.7 Å². The Balaban J connectivity index is 4.03. The SMILES string of the molecule is CC(C)(C)C(CCCSCCCC(=O)NCCOCCOCCN=[N+]=[N-])(C(C)(C)C)C(C)(C)C. The molecule has 0 rings (SSSR count). The highest BCUT2D eigenvalue weighted by atomic mass is 32.2. The Hall–Kier alpha value is -0.950. The largest absolute Gasteiger partial charge is 0.379 e. The molecule has 0 aliphatic rings. The van der Waals surface area contributed by atoms with Gasteiger partial charge in [0.15, 0.2) is 0 Å². The van der Waals surface area contributed by atoms with Crippen LogP contribution < -0.4 is 5.32 Å². The first-order valence-electron chi connectivity index (χ1n) is 12.7. The van der Waals surface area contributed by atoms with Crippen LogP contribution in [0.5, 0.6) is 0 Å². The van der Waals surface area contributed by atoms with Crippen molar-refractivity contribution in [3.05, 3.63) is 10.4 Å². The van der Waals surface area contributed by atoms with E-state index < -0.39 is 0 Å². The molecule has 8 heteroatoms. The van der Waals surface area contributed by atoms with E-state index >= 15 is 0 Å². The monoisotopic (exact) mass is 500 g/mol. The fraction of sp³-hybridized carbons (Fsp3) is 0.962. The number of thioether (sulfide) groups is 1. The summed E-state index contributed by atoms with van der Waals surface area (Å²) in [6.07, 6.45) is 3.88. The summed E-state index contributed by atoms with van der Waals surface area (Å²) in [7, 11) is 0. The number of carbonyl (C=O) groups excluding carboxylic acids is 1. The zero-order valence-corrected chi connectivity index (χ0v) is 24.3. The van der Waals surface area contributed by atoms with E-state index in [1.807, 2.05) is 11.8 Å². The van der Waals surface area contributed by atoms with Crippen LogP contribution in [-0.2, 0) is 14.3 Å². The second kappa shape index (κ2) is 15.9. The standard InChI is InChI=1S/C26H52N4O3S/c1-23(2,3)26(24(4,5)6,25(7,8)9)13-11-21-34-20-10-12-22(31)28-14-16-32-18-19-33-17-15-29-30-27/h10-21H2,1-9H3,(H,28,31). The van der Waals surface area contributed by atoms with Gasteiger partial charge >= 0.3 is 0 Å². The Morgan fingerprint density at radius 1 is 0.853 bits per heavy atom. The third-order valence-corrected chi connectivity index (χ3v) is 7.87. The average molecular weight is 501 g/mol. The van der Waals surface area contributed by atoms with Crippen LogP contribution in [0.15, 0.2) is 5.11 Å². The molecule has 0 saturated heterocycles. The molecule has 0 aliphatic carbocycles. The highest BCUT2D eigenvalue weighted by Crippen LogP contribution is 2.63. The van der Waals surface area contributed by atoms with Crippen LogP contribution in [0.1, 0.15) is 88.0 Å². The molecule has 34 heavy (non-hydrogen) atoms. The van der Waals surface area contributed by atoms with Gasteiger partial charge in [-0.05, 0) is 58.0 Å². The smallest absolute Gasteiger partial charge is 0.220 e. The molecule has 0 fully saturated rings. The second-order valence-corrected chi connectivity index (χ2v) is 13.2. The van der Waals surface area contributed by atoms with E-state index in [1.165, 1.54) is 12.8 Å². The van der Waals surface area contributed by atoms with E-state index in [2.05, 4.69) is 77.7 Å². The number of carbonyl (C=O) groups is 1. The van der Waals surface area contributed by atoms with Crippen molar-refractivity contribution in [1.29, 1.82) is 0 Å². The average Bonchev–Trinajstić information content (AvgIpc) is 2.68. The van der Waals surface area contributed by atoms with Gasteiger partial charge < -0.3 is 14.8 Å². The third kappa shape index (κ3) is 11.7. The van der Waals surface area contributed by atoms with Crippen molar-refractivity contribution in [2.75, 3.05) is 51.0 Å². The first-order valence-corrected chi connectivity index (χ1v) is 13.9. The molecule has 0 aromatic carbocycles. The van der Waals surface area contributed by atoms with Crippen LogP contribution in [0.3, 0.4) is 0 Å². The maximum Gasteiger partial charge on any atom is 0.220 e. The van der Waals surface area contributed by atoms with Crippen molar-refractivity contribution in [2.45, 2.75) is 88.0 Å². The van der Waals surface area contributed by atoms with Gasteiger partial charge in [0.1, 0.15) is 0 Å². The number of azide groups is 1. The summed E-state index contributed by atoms with van der Waals surface area (Å²) in [6, 6.07) is 0. The van der Waals surface area contributed by atoms with Crippen LogP contribution in [0, 0.1) is 21.7 Å². The Bertz CT molecular complexity index is 579. The highest BCUT2D eigenvalue weighted by molar-refractivity contribution is 7.99. The number of hydrogen-bond donors (Lipinski definition) is 1. The Morgan fingerprint density at radius 3 is 1.91 bits per heavy atom. The van der Waals surface area contributed by atoms with Gasteiger partial charge in [0, 0.05) is 24.4 Å². The topological polar surface area (TPSA) is 96.3 Å². The van der Waals surface area contributed by atoms with Gasteiger partial charge in [0.25, 0.3) is 0 Å². The van der Waals surface area contributed by atoms with Crippen molar-refractivity contribution in [2.24, 2.45) is 26.8 Å². The van der Waals surface area contributed by atoms with Gasteiger partial charge in [-0.3, -0.25) is 4.79 Å². The lowest BCUT2D eigenvalue weighted by atomic mass is 9.43. The van der Waals surface area contributed by atoms with Gasteiger partial charge in [-0.25, -0.2) is 0 Å². The molecule has 1 N–H and O–H groups in total. The van der Waals surface area contributed by atoms with E-state index in [1.54, 1.807) is 0 Å². The normalized spacial score (nSPS) is 13.0. The molecule has 0 aromatic rings. The van der Waals surface area contributed by atoms with E-state index in [0.29, 0.717) is 45.9 Å². The second-order valence-electron chi connectivity index (χ2n) is 12.0. The van der Waals surface area contributed by atoms with Crippen LogP contribution >= 0.6 is 11.8 Å². The van der Waals surface area contributed by atoms with Crippen molar-refractivity contribution in [3.63, 3.8) is 0 Å². The maximum atomic E-state index is 12.0. The van der Waals surface area contributed by atoms with Gasteiger partial charge in [0.05, 0.1) is 26.4 Å². The van der Waals surface area contributed by atoms with Gasteiger partial charge in [-0.1, -0.05) is 67.4 Å². The van der Waals surface area contributed by atoms with Crippen LogP contribution in [0.2, 0.25) is 0 Å². The van der Waals surface area contributed by atoms with Crippen LogP contribution in [-0.4, -0.2) is 56.9 Å². The fourth-order valence-corrected chi connectivity index (χ4v) is 7.10. The maximum absolute atomic E-state index is 12.0. The molecular formula is C26H52N4O3S. The molecule has 0 atom stereocenters. The lowest BCUT2D eigenvalue weighted by Crippen LogP contribution is -2.54. The minimum Gasteiger partial charge on any atom is -0.379 e. The Labute approximate surface area is 213 Å². The number of hydrogen-bond acceptors (Lipinski definition) is 5. The third-order valence-electron chi connectivity index (χ3n) is 6.71. The molecule has 0 bridgehead atoms. The summed E-state index contributed by atoms with van der Waals surface area (Å²) in [5, 5.41) is 6.29. The minimum atomic E-state index is 0.0852. The number of nitrogens with one attached hydrogen (secondary N) is 1. The summed E-state index contributed by atoms with van der Waals surface area (Å²) in [5.41, 5.74) is 9.04. The summed E-state index contributed by atoms with van der Waals surface area (Å²) >= 11 is 1.97. The molecule has 0 unspecified atom stereocenters. The molecule has 0 saturated carbocycles. The zero-order valence-electron chi connectivity index (χ0n) is 23.5. The fourth-order valence-electron chi connectivity index (χ4n) is 6.20. The summed E-state index contributed by atoms with van der Waals surface area (Å²) in [5.74, 6) is 2.25. The molecule has 0 aromatic heterocycles. The van der Waals surface area contributed by atoms with Crippen LogP contribution in [0.4, 0.5) is 0 Å². The number of nitrogens with zero attached hydrogens (tertiary/aromatic N) is 3. The number of rotatable bonds is 17. The Morgan fingerprint density at radius 2 is 1.38 bits per heavy atom. The van der Waals surface area contributed by atoms with Gasteiger partial charge in [-0.2, -0.15) is 11.8 Å². The molecule has 0 spiro atoms. The minimum absolute atomic E-state index is 0.0852. The predicted octanol–water partition coefficient (Wildman–Crippen LogP) is 6.86. The zero-order chi connectivity index (χ0) is 26.3. The molecule has 0 aliphatic heterocycles. The lowest BCUT2D eigenvalue weighted by molar-refractivity contribution is -0.128. The van der Waals surface area contributed by atoms with E-state index in [4.69, 9.17) is 15.0 Å². The highest BCUT2D eigenvalue weighted by Gasteiger charge is 2.56. The van der Waals surface area contributed by atoms with Gasteiger partial charge in [0.2, 0.25) is 5.91 Å². The van der Waals surface area contributed by atoms with E-state index in [0.717, 1.165) is 17.9 Å². The number of amides is 1. The molecule has 0 heterocycles. The first-order chi connectivity index (χ1) is 15.7. The van der Waals surface area contributed by atoms with Crippen molar-refractivity contribution in [1.82, 2.24) is 5.32 Å².